The summed E-state index contributed by atoms with van der Waals surface area (Å²) < 4.78 is 18.1. The molecular weight excluding hydrogens is 903 g/mol. The molecule has 1 aliphatic heterocycles. The molecule has 7 rings (SSSR count). The maximum Gasteiger partial charge on any atom is 0.407 e. The lowest BCUT2D eigenvalue weighted by atomic mass is 9.91. The molecule has 0 saturated heterocycles. The number of hydrogen-bond acceptors (Lipinski definition) is 9. The van der Waals surface area contributed by atoms with E-state index < -0.39 is 24.3 Å². The molecule has 3 N–H and O–H groups in total. The van der Waals surface area contributed by atoms with E-state index >= 15 is 0 Å². The highest BCUT2D eigenvalue weighted by molar-refractivity contribution is 14.1. The Morgan fingerprint density at radius 2 is 1.58 bits per heavy atom. The van der Waals surface area contributed by atoms with Crippen molar-refractivity contribution >= 4 is 68.4 Å². The molecule has 3 heterocycles. The van der Waals surface area contributed by atoms with Gasteiger partial charge in [0.05, 0.1) is 74.0 Å². The van der Waals surface area contributed by atoms with Crippen molar-refractivity contribution in [2.24, 2.45) is 11.8 Å². The van der Waals surface area contributed by atoms with E-state index in [1.807, 2.05) is 61.0 Å². The highest BCUT2D eigenvalue weighted by Crippen LogP contribution is 2.43. The lowest BCUT2D eigenvalue weighted by Crippen LogP contribution is -2.52. The number of aromatic amines is 1. The first kappa shape index (κ1) is 44.2. The minimum Gasteiger partial charge on any atom is -0.488 e. The molecule has 1 unspecified atom stereocenters. The fraction of sp³-hybridized carbons (Fsp3) is 0.391. The molecule has 3 atom stereocenters. The van der Waals surface area contributed by atoms with Gasteiger partial charge in [0.2, 0.25) is 11.8 Å². The third-order valence-electron chi connectivity index (χ3n) is 11.3. The quantitative estimate of drug-likeness (QED) is 0.0654. The zero-order valence-electron chi connectivity index (χ0n) is 35.9. The van der Waals surface area contributed by atoms with Gasteiger partial charge < -0.3 is 39.6 Å². The summed E-state index contributed by atoms with van der Waals surface area (Å²) in [5.41, 5.74) is 4.62. The molecule has 0 fully saturated rings. The van der Waals surface area contributed by atoms with Gasteiger partial charge in [-0.2, -0.15) is 0 Å². The van der Waals surface area contributed by atoms with E-state index in [1.54, 1.807) is 16.0 Å². The van der Waals surface area contributed by atoms with E-state index in [4.69, 9.17) is 19.2 Å². The SMILES string of the molecule is CCCN(Cc1ncc(-c2cc3c4c(ccc5cc(-c6cnc(CN(CCC)C(=O)[C@H](NC(=O)OC)C7C=CC=CC7)[nH]6)cc(c54)CO3)c2)n1I)C(=O)[C@@H](NC(=O)OC)C(C)C. The topological polar surface area (TPSA) is 173 Å². The van der Waals surface area contributed by atoms with Crippen molar-refractivity contribution in [2.45, 2.75) is 78.7 Å². The fourth-order valence-corrected chi connectivity index (χ4v) is 8.90. The summed E-state index contributed by atoms with van der Waals surface area (Å²) in [7, 11) is 2.58. The number of aromatic nitrogens is 4. The van der Waals surface area contributed by atoms with Crippen molar-refractivity contribution in [3.05, 3.63) is 90.3 Å². The largest absolute Gasteiger partial charge is 0.488 e. The molecule has 1 aliphatic carbocycles. The average Bonchev–Trinajstić information content (AvgIpc) is 3.91. The van der Waals surface area contributed by atoms with Gasteiger partial charge in [-0.3, -0.25) is 12.4 Å². The monoisotopic (exact) mass is 956 g/mol. The molecule has 0 radical (unpaired) electrons. The van der Waals surface area contributed by atoms with E-state index in [2.05, 4.69) is 79.9 Å². The van der Waals surface area contributed by atoms with Gasteiger partial charge >= 0.3 is 12.2 Å². The zero-order chi connectivity index (χ0) is 44.1. The lowest BCUT2D eigenvalue weighted by Gasteiger charge is -2.30. The summed E-state index contributed by atoms with van der Waals surface area (Å²) in [5.74, 6) is 1.39. The molecule has 2 aromatic heterocycles. The molecule has 3 aromatic carbocycles. The fourth-order valence-electron chi connectivity index (χ4n) is 8.22. The smallest absolute Gasteiger partial charge is 0.407 e. The Balaban J connectivity index is 1.12. The second-order valence-corrected chi connectivity index (χ2v) is 16.9. The molecule has 62 heavy (non-hydrogen) atoms. The third-order valence-corrected chi connectivity index (χ3v) is 12.4. The third kappa shape index (κ3) is 9.29. The number of benzene rings is 3. The predicted molar refractivity (Wildman–Crippen MR) is 245 cm³/mol. The molecular formula is C46H53IN8O7. The zero-order valence-corrected chi connectivity index (χ0v) is 38.0. The Hall–Kier alpha value is -5.91. The number of ether oxygens (including phenoxy) is 3. The number of halogens is 1. The number of nitrogens with one attached hydrogen (secondary N) is 3. The average molecular weight is 957 g/mol. The Kier molecular flexibility index (Phi) is 13.8. The second kappa shape index (κ2) is 19.4. The molecule has 15 nitrogen and oxygen atoms in total. The Labute approximate surface area is 374 Å². The van der Waals surface area contributed by atoms with Crippen LogP contribution in [0.1, 0.15) is 64.2 Å². The number of methoxy groups -OCH3 is 2. The van der Waals surface area contributed by atoms with Gasteiger partial charge in [0.15, 0.2) is 0 Å². The summed E-state index contributed by atoms with van der Waals surface area (Å²) in [4.78, 5) is 68.4. The van der Waals surface area contributed by atoms with Gasteiger partial charge in [-0.05, 0) is 71.2 Å². The van der Waals surface area contributed by atoms with Crippen LogP contribution in [0, 0.1) is 11.8 Å². The number of hydrogen-bond donors (Lipinski definition) is 3. The first-order chi connectivity index (χ1) is 29.9. The predicted octanol–water partition coefficient (Wildman–Crippen LogP) is 8.05. The van der Waals surface area contributed by atoms with Crippen LogP contribution in [0.3, 0.4) is 0 Å². The Morgan fingerprint density at radius 1 is 0.887 bits per heavy atom. The summed E-state index contributed by atoms with van der Waals surface area (Å²) >= 11 is 2.23. The number of allylic oxidation sites excluding steroid dienone is 3. The number of alkyl carbamates (subject to hydrolysis) is 2. The van der Waals surface area contributed by atoms with Crippen LogP contribution < -0.4 is 15.4 Å². The van der Waals surface area contributed by atoms with Crippen LogP contribution in [0.2, 0.25) is 0 Å². The first-order valence-corrected chi connectivity index (χ1v) is 21.9. The maximum atomic E-state index is 14.0. The highest BCUT2D eigenvalue weighted by atomic mass is 127. The van der Waals surface area contributed by atoms with Crippen molar-refractivity contribution in [3.63, 3.8) is 0 Å². The summed E-state index contributed by atoms with van der Waals surface area (Å²) in [5, 5.41) is 9.73. The minimum atomic E-state index is -0.782. The lowest BCUT2D eigenvalue weighted by molar-refractivity contribution is -0.135. The van der Waals surface area contributed by atoms with Crippen molar-refractivity contribution in [1.29, 1.82) is 0 Å². The molecule has 0 bridgehead atoms. The van der Waals surface area contributed by atoms with Crippen LogP contribution in [0.4, 0.5) is 9.59 Å². The van der Waals surface area contributed by atoms with Crippen molar-refractivity contribution in [1.82, 2.24) is 38.2 Å². The molecule has 5 aromatic rings. The number of nitrogens with zero attached hydrogens (tertiary/aromatic N) is 5. The number of imidazole rings is 2. The van der Waals surface area contributed by atoms with E-state index in [-0.39, 0.29) is 36.7 Å². The van der Waals surface area contributed by atoms with E-state index in [0.717, 1.165) is 68.2 Å². The van der Waals surface area contributed by atoms with Gasteiger partial charge in [0.1, 0.15) is 36.1 Å². The maximum absolute atomic E-state index is 14.0. The molecule has 4 amide bonds. The Bertz CT molecular complexity index is 2540. The van der Waals surface area contributed by atoms with Gasteiger partial charge in [0, 0.05) is 35.5 Å². The standard InChI is InChI=1S/C46H53IN8O7/c1-7-16-53(44(57)42(52-46(59)61-6)28-12-10-9-11-13-28)24-37-48-22-34(50-37)31-18-29-14-15-30-19-32(21-36-40(30)39(29)33(20-31)26-62-36)35-23-49-38(55(35)47)25-54(17-8-2)43(56)41(27(3)4)51-45(58)60-5/h9-12,14-15,18-23,27-28,41-42H,7-8,13,16-17,24-26H2,1-6H3,(H,48,50)(H,51,58)(H,52,59)/t28?,41-,42+/m0/s1. The second-order valence-electron chi connectivity index (χ2n) is 15.9. The number of H-pyrrole nitrogens is 1. The summed E-state index contributed by atoms with van der Waals surface area (Å²) in [6.45, 7) is 9.69. The first-order valence-electron chi connectivity index (χ1n) is 21.0. The number of carbonyl (C=O) groups excluding carboxylic acids is 4. The highest BCUT2D eigenvalue weighted by Gasteiger charge is 2.33. The normalized spacial score (nSPS) is 15.1. The van der Waals surface area contributed by atoms with Crippen LogP contribution in [0.25, 0.3) is 44.1 Å². The van der Waals surface area contributed by atoms with Crippen molar-refractivity contribution in [2.75, 3.05) is 27.3 Å². The van der Waals surface area contributed by atoms with Gasteiger partial charge in [-0.15, -0.1) is 0 Å². The van der Waals surface area contributed by atoms with Gasteiger partial charge in [-0.25, -0.2) is 19.6 Å². The van der Waals surface area contributed by atoms with Crippen LogP contribution >= 0.6 is 22.9 Å². The minimum absolute atomic E-state index is 0.141. The number of amides is 4. The van der Waals surface area contributed by atoms with Gasteiger partial charge in [0.25, 0.3) is 0 Å². The van der Waals surface area contributed by atoms with Crippen LogP contribution in [0.15, 0.2) is 73.1 Å². The van der Waals surface area contributed by atoms with Crippen molar-refractivity contribution < 1.29 is 33.4 Å². The Morgan fingerprint density at radius 3 is 2.26 bits per heavy atom. The van der Waals surface area contributed by atoms with E-state index in [1.165, 1.54) is 14.2 Å². The van der Waals surface area contributed by atoms with E-state index in [0.29, 0.717) is 37.8 Å². The van der Waals surface area contributed by atoms with Crippen LogP contribution in [-0.2, 0) is 38.8 Å². The summed E-state index contributed by atoms with van der Waals surface area (Å²) in [6, 6.07) is 11.2. The van der Waals surface area contributed by atoms with Crippen molar-refractivity contribution in [3.8, 4) is 28.3 Å². The number of rotatable bonds is 16. The molecule has 2 aliphatic rings. The molecule has 0 saturated carbocycles. The molecule has 16 heteroatoms. The molecule has 0 spiro atoms. The van der Waals surface area contributed by atoms with Crippen LogP contribution in [-0.4, -0.2) is 90.9 Å². The number of carbonyl (C=O) groups is 4. The van der Waals surface area contributed by atoms with E-state index in [9.17, 15) is 19.2 Å². The van der Waals surface area contributed by atoms with Crippen LogP contribution in [0.5, 0.6) is 5.75 Å². The molecule has 326 valence electrons. The van der Waals surface area contributed by atoms with Gasteiger partial charge in [-0.1, -0.05) is 64.1 Å². The summed E-state index contributed by atoms with van der Waals surface area (Å²) in [6.07, 6.45) is 12.2.